The lowest BCUT2D eigenvalue weighted by atomic mass is 9.87. The van der Waals surface area contributed by atoms with Crippen LogP contribution in [-0.2, 0) is 21.2 Å². The van der Waals surface area contributed by atoms with Crippen LogP contribution in [-0.4, -0.2) is 38.9 Å². The van der Waals surface area contributed by atoms with Crippen molar-refractivity contribution in [1.82, 2.24) is 0 Å². The van der Waals surface area contributed by atoms with Crippen molar-refractivity contribution >= 4 is 15.7 Å². The van der Waals surface area contributed by atoms with Crippen LogP contribution in [0.25, 0.3) is 0 Å². The maximum atomic E-state index is 13.8. The summed E-state index contributed by atoms with van der Waals surface area (Å²) in [5.41, 5.74) is 2.44. The highest BCUT2D eigenvalue weighted by atomic mass is 32.2. The molecule has 2 aromatic carbocycles. The third-order valence-corrected chi connectivity index (χ3v) is 9.30. The monoisotopic (exact) mass is 471 g/mol. The zero-order valence-corrected chi connectivity index (χ0v) is 20.0. The zero-order chi connectivity index (χ0) is 23.0. The smallest absolute Gasteiger partial charge is 0.264 e. The van der Waals surface area contributed by atoms with Gasteiger partial charge in [0, 0.05) is 37.2 Å². The fourth-order valence-electron chi connectivity index (χ4n) is 5.15. The molecule has 2 aromatic rings. The van der Waals surface area contributed by atoms with Crippen molar-refractivity contribution in [3.63, 3.8) is 0 Å². The Morgan fingerprint density at radius 1 is 1.03 bits per heavy atom. The first-order valence-electron chi connectivity index (χ1n) is 12.2. The van der Waals surface area contributed by atoms with Crippen molar-refractivity contribution < 1.29 is 23.0 Å². The number of aryl methyl sites for hydroxylation is 1. The summed E-state index contributed by atoms with van der Waals surface area (Å²) in [7, 11) is -3.77. The summed E-state index contributed by atoms with van der Waals surface area (Å²) >= 11 is 0. The number of fused-ring (bicyclic) bond motifs is 1. The molecule has 3 aliphatic rings. The molecule has 1 saturated carbocycles. The van der Waals surface area contributed by atoms with Crippen molar-refractivity contribution in [2.45, 2.75) is 75.0 Å². The molecule has 0 amide bonds. The first-order chi connectivity index (χ1) is 16.0. The second kappa shape index (κ2) is 9.28. The maximum Gasteiger partial charge on any atom is 0.264 e. The van der Waals surface area contributed by atoms with E-state index in [1.807, 2.05) is 24.3 Å². The Morgan fingerprint density at radius 3 is 2.39 bits per heavy atom. The Morgan fingerprint density at radius 2 is 1.76 bits per heavy atom. The highest BCUT2D eigenvalue weighted by molar-refractivity contribution is 7.92. The number of benzene rings is 2. The van der Waals surface area contributed by atoms with Gasteiger partial charge in [-0.1, -0.05) is 19.1 Å². The van der Waals surface area contributed by atoms with Gasteiger partial charge in [0.1, 0.15) is 11.9 Å². The van der Waals surface area contributed by atoms with Crippen molar-refractivity contribution in [2.24, 2.45) is 5.92 Å². The SMILES string of the molecule is CCc1ccc(N(C2CCC2)S(=O)(=O)c2ccc3c(c2)C(O)CC(C2CCOCC2)O3)cc1. The molecule has 2 fully saturated rings. The molecule has 0 bridgehead atoms. The van der Waals surface area contributed by atoms with E-state index in [4.69, 9.17) is 9.47 Å². The van der Waals surface area contributed by atoms with Crippen LogP contribution in [0.2, 0.25) is 0 Å². The number of rotatable bonds is 6. The summed E-state index contributed by atoms with van der Waals surface area (Å²) in [6, 6.07) is 12.7. The molecule has 1 N–H and O–H groups in total. The molecule has 6 nitrogen and oxygen atoms in total. The van der Waals surface area contributed by atoms with Crippen LogP contribution in [0.3, 0.4) is 0 Å². The van der Waals surface area contributed by atoms with E-state index >= 15 is 0 Å². The standard InChI is InChI=1S/C26H33NO5S/c1-2-18-6-8-21(9-7-18)27(20-4-3-5-20)33(29,30)22-10-11-25-23(16-22)24(28)17-26(32-25)19-12-14-31-15-13-19/h6-11,16,19-20,24,26,28H,2-5,12-15,17H2,1H3. The van der Waals surface area contributed by atoms with E-state index in [2.05, 4.69) is 6.92 Å². The van der Waals surface area contributed by atoms with Crippen LogP contribution in [0.1, 0.15) is 62.7 Å². The lowest BCUT2D eigenvalue weighted by Gasteiger charge is -2.39. The summed E-state index contributed by atoms with van der Waals surface area (Å²) in [4.78, 5) is 0.208. The number of ether oxygens (including phenoxy) is 2. The fourth-order valence-corrected chi connectivity index (χ4v) is 6.89. The molecular formula is C26H33NO5S. The topological polar surface area (TPSA) is 76.1 Å². The van der Waals surface area contributed by atoms with Crippen LogP contribution < -0.4 is 9.04 Å². The number of hydrogen-bond donors (Lipinski definition) is 1. The van der Waals surface area contributed by atoms with E-state index in [1.165, 1.54) is 5.56 Å². The highest BCUT2D eigenvalue weighted by Gasteiger charge is 2.38. The third-order valence-electron chi connectivity index (χ3n) is 7.43. The van der Waals surface area contributed by atoms with Gasteiger partial charge in [-0.05, 0) is 74.4 Å². The molecule has 0 spiro atoms. The Labute approximate surface area is 196 Å². The molecule has 0 radical (unpaired) electrons. The summed E-state index contributed by atoms with van der Waals surface area (Å²) in [6.07, 6.45) is 5.18. The molecule has 2 aliphatic heterocycles. The van der Waals surface area contributed by atoms with Gasteiger partial charge in [-0.2, -0.15) is 0 Å². The van der Waals surface area contributed by atoms with E-state index < -0.39 is 16.1 Å². The van der Waals surface area contributed by atoms with E-state index in [9.17, 15) is 13.5 Å². The molecule has 2 atom stereocenters. The Kier molecular flexibility index (Phi) is 6.38. The van der Waals surface area contributed by atoms with Gasteiger partial charge < -0.3 is 14.6 Å². The highest BCUT2D eigenvalue weighted by Crippen LogP contribution is 2.41. The quantitative estimate of drug-likeness (QED) is 0.666. The van der Waals surface area contributed by atoms with Gasteiger partial charge in [-0.25, -0.2) is 8.42 Å². The van der Waals surface area contributed by atoms with Gasteiger partial charge in [0.05, 0.1) is 16.7 Å². The molecule has 7 heteroatoms. The minimum Gasteiger partial charge on any atom is -0.490 e. The van der Waals surface area contributed by atoms with Crippen molar-refractivity contribution in [3.05, 3.63) is 53.6 Å². The molecule has 1 saturated heterocycles. The van der Waals surface area contributed by atoms with E-state index in [0.717, 1.165) is 51.7 Å². The first-order valence-corrected chi connectivity index (χ1v) is 13.6. The summed E-state index contributed by atoms with van der Waals surface area (Å²) in [5, 5.41) is 10.9. The van der Waals surface area contributed by atoms with Crippen molar-refractivity contribution in [1.29, 1.82) is 0 Å². The molecule has 1 aliphatic carbocycles. The van der Waals surface area contributed by atoms with E-state index in [-0.39, 0.29) is 17.0 Å². The molecule has 2 unspecified atom stereocenters. The Hall–Kier alpha value is -2.09. The molecule has 178 valence electrons. The second-order valence-corrected chi connectivity index (χ2v) is 11.3. The predicted octanol–water partition coefficient (Wildman–Crippen LogP) is 4.61. The van der Waals surface area contributed by atoms with Gasteiger partial charge in [0.2, 0.25) is 0 Å². The average molecular weight is 472 g/mol. The van der Waals surface area contributed by atoms with Gasteiger partial charge >= 0.3 is 0 Å². The molecule has 2 heterocycles. The van der Waals surface area contributed by atoms with Crippen LogP contribution in [0, 0.1) is 5.92 Å². The largest absolute Gasteiger partial charge is 0.490 e. The van der Waals surface area contributed by atoms with Gasteiger partial charge in [-0.3, -0.25) is 4.31 Å². The Balaban J connectivity index is 1.44. The van der Waals surface area contributed by atoms with Crippen LogP contribution in [0.4, 0.5) is 5.69 Å². The lowest BCUT2D eigenvalue weighted by Crippen LogP contribution is -2.44. The number of anilines is 1. The molecule has 33 heavy (non-hydrogen) atoms. The zero-order valence-electron chi connectivity index (χ0n) is 19.2. The van der Waals surface area contributed by atoms with Crippen molar-refractivity contribution in [3.8, 4) is 5.75 Å². The number of nitrogens with zero attached hydrogens (tertiary/aromatic N) is 1. The number of sulfonamides is 1. The number of hydrogen-bond acceptors (Lipinski definition) is 5. The Bertz CT molecular complexity index is 1070. The summed E-state index contributed by atoms with van der Waals surface area (Å²) in [5.74, 6) is 0.942. The number of aliphatic hydroxyl groups excluding tert-OH is 1. The maximum absolute atomic E-state index is 13.8. The minimum absolute atomic E-state index is 0.0300. The normalized spacial score (nSPS) is 23.9. The number of aliphatic hydroxyl groups is 1. The van der Waals surface area contributed by atoms with Crippen LogP contribution in [0.5, 0.6) is 5.75 Å². The van der Waals surface area contributed by atoms with Gasteiger partial charge in [-0.15, -0.1) is 0 Å². The predicted molar refractivity (Wildman–Crippen MR) is 127 cm³/mol. The first kappa shape index (κ1) is 22.7. The van der Waals surface area contributed by atoms with Gasteiger partial charge in [0.15, 0.2) is 0 Å². The summed E-state index contributed by atoms with van der Waals surface area (Å²) in [6.45, 7) is 3.53. The summed E-state index contributed by atoms with van der Waals surface area (Å²) < 4.78 is 40.9. The van der Waals surface area contributed by atoms with E-state index in [1.54, 1.807) is 22.5 Å². The molecular weight excluding hydrogens is 438 g/mol. The van der Waals surface area contributed by atoms with Crippen molar-refractivity contribution in [2.75, 3.05) is 17.5 Å². The molecule has 5 rings (SSSR count). The average Bonchev–Trinajstić information content (AvgIpc) is 2.81. The van der Waals surface area contributed by atoms with Crippen LogP contribution >= 0.6 is 0 Å². The lowest BCUT2D eigenvalue weighted by molar-refractivity contribution is -0.0151. The minimum atomic E-state index is -3.77. The van der Waals surface area contributed by atoms with Crippen LogP contribution in [0.15, 0.2) is 47.4 Å². The van der Waals surface area contributed by atoms with E-state index in [0.29, 0.717) is 29.3 Å². The fraction of sp³-hybridized carbons (Fsp3) is 0.538. The molecule has 0 aromatic heterocycles. The van der Waals surface area contributed by atoms with Gasteiger partial charge in [0.25, 0.3) is 10.0 Å². The second-order valence-electron chi connectivity index (χ2n) is 9.46. The third kappa shape index (κ3) is 4.38.